The van der Waals surface area contributed by atoms with E-state index >= 15 is 0 Å². The molecule has 0 bridgehead atoms. The highest BCUT2D eigenvalue weighted by atomic mass is 16.7. The van der Waals surface area contributed by atoms with Gasteiger partial charge >= 0.3 is 23.9 Å². The van der Waals surface area contributed by atoms with Gasteiger partial charge in [-0.1, -0.05) is 197 Å². The molecular weight excluding hydrogens is 997 g/mol. The summed E-state index contributed by atoms with van der Waals surface area (Å²) in [5, 5.41) is 31.4. The molecule has 6 atom stereocenters. The van der Waals surface area contributed by atoms with Crippen LogP contribution in [-0.4, -0.2) is 89.2 Å². The molecule has 12 nitrogen and oxygen atoms in total. The van der Waals surface area contributed by atoms with Crippen LogP contribution in [0.1, 0.15) is 175 Å². The molecule has 1 fully saturated rings. The third-order valence-corrected chi connectivity index (χ3v) is 11.8. The number of hydrogen-bond donors (Lipinski definition) is 3. The number of aliphatic hydroxyl groups is 2. The summed E-state index contributed by atoms with van der Waals surface area (Å²) in [5.74, 6) is -3.39. The fourth-order valence-electron chi connectivity index (χ4n) is 7.44. The zero-order valence-corrected chi connectivity index (χ0v) is 48.0. The zero-order valence-electron chi connectivity index (χ0n) is 48.0. The van der Waals surface area contributed by atoms with Gasteiger partial charge < -0.3 is 39.0 Å². The number of carboxylic acids is 1. The topological polar surface area (TPSA) is 175 Å². The number of aliphatic carboxylic acids is 1. The Morgan fingerprint density at radius 1 is 0.418 bits per heavy atom. The number of unbranched alkanes of at least 4 members (excludes halogenated alkanes) is 4. The molecule has 0 aliphatic carbocycles. The van der Waals surface area contributed by atoms with Crippen LogP contribution in [0.15, 0.2) is 170 Å². The minimum atomic E-state index is -1.95. The van der Waals surface area contributed by atoms with Crippen LogP contribution in [-0.2, 0) is 42.9 Å². The van der Waals surface area contributed by atoms with E-state index in [1.165, 1.54) is 0 Å². The Labute approximate surface area is 475 Å². The second-order valence-electron chi connectivity index (χ2n) is 18.8. The van der Waals surface area contributed by atoms with E-state index in [-0.39, 0.29) is 25.9 Å². The molecule has 0 aromatic heterocycles. The largest absolute Gasteiger partial charge is 0.479 e. The van der Waals surface area contributed by atoms with Crippen LogP contribution in [0.25, 0.3) is 0 Å². The van der Waals surface area contributed by atoms with Gasteiger partial charge in [0.1, 0.15) is 18.8 Å². The van der Waals surface area contributed by atoms with Crippen molar-refractivity contribution in [3.63, 3.8) is 0 Å². The predicted octanol–water partition coefficient (Wildman–Crippen LogP) is 15.1. The third kappa shape index (κ3) is 42.7. The molecule has 438 valence electrons. The van der Waals surface area contributed by atoms with Gasteiger partial charge in [0.15, 0.2) is 24.6 Å². The summed E-state index contributed by atoms with van der Waals surface area (Å²) in [6.07, 6.45) is 66.3. The van der Waals surface area contributed by atoms with Gasteiger partial charge in [-0.25, -0.2) is 4.79 Å². The zero-order chi connectivity index (χ0) is 57.5. The van der Waals surface area contributed by atoms with Crippen LogP contribution >= 0.6 is 0 Å². The summed E-state index contributed by atoms with van der Waals surface area (Å²) in [5.41, 5.74) is 0. The van der Waals surface area contributed by atoms with E-state index in [9.17, 15) is 34.5 Å². The lowest BCUT2D eigenvalue weighted by atomic mass is 9.98. The van der Waals surface area contributed by atoms with E-state index in [2.05, 4.69) is 161 Å². The van der Waals surface area contributed by atoms with Crippen molar-refractivity contribution in [2.75, 3.05) is 13.2 Å². The van der Waals surface area contributed by atoms with Crippen molar-refractivity contribution >= 4 is 23.9 Å². The molecule has 3 N–H and O–H groups in total. The molecule has 0 radical (unpaired) electrons. The van der Waals surface area contributed by atoms with Gasteiger partial charge in [0.2, 0.25) is 0 Å². The van der Waals surface area contributed by atoms with Crippen LogP contribution in [0, 0.1) is 0 Å². The van der Waals surface area contributed by atoms with Gasteiger partial charge in [-0.05, 0) is 128 Å². The van der Waals surface area contributed by atoms with Crippen molar-refractivity contribution in [1.29, 1.82) is 0 Å². The van der Waals surface area contributed by atoms with Gasteiger partial charge in [-0.2, -0.15) is 0 Å². The normalized spacial score (nSPS) is 19.1. The van der Waals surface area contributed by atoms with Crippen LogP contribution in [0.2, 0.25) is 0 Å². The standard InChI is InChI=1S/C67H98O12/c1-4-7-10-13-16-19-22-25-27-29-30-32-33-36-38-41-44-47-50-53-59(68)75-56-58(77-60(69)54-51-48-45-42-40-37-34-31-28-26-23-20-17-14-11-8-5-2)57-76-67-65(63(72)62(71)64(79-67)66(73)74)78-61(70)55-52-49-46-43-39-35-24-21-18-15-12-9-6-3/h7-12,16-21,25-28,30,32,34-39,42,45-46,49,58,62-65,67,71-72H,4-6,13-15,22-24,29,31,33,40-41,43-44,47-48,50-57H2,1-3H3,(H,73,74)/b10-7-,11-8-,12-9-,19-16-,20-17-,21-18-,27-25-,28-26-,32-30-,37-34-,38-36-,39-35-,45-42-,49-46-. The van der Waals surface area contributed by atoms with Crippen molar-refractivity contribution in [2.45, 2.75) is 212 Å². The van der Waals surface area contributed by atoms with Crippen molar-refractivity contribution in [2.24, 2.45) is 0 Å². The fourth-order valence-corrected chi connectivity index (χ4v) is 7.44. The number of hydrogen-bond acceptors (Lipinski definition) is 11. The molecule has 0 aromatic carbocycles. The maximum absolute atomic E-state index is 13.1. The minimum absolute atomic E-state index is 0.0576. The first-order chi connectivity index (χ1) is 38.6. The molecule has 1 heterocycles. The maximum Gasteiger partial charge on any atom is 0.335 e. The Bertz CT molecular complexity index is 2020. The Hall–Kier alpha value is -5.92. The first kappa shape index (κ1) is 71.1. The molecule has 1 aliphatic rings. The van der Waals surface area contributed by atoms with Gasteiger partial charge in [-0.3, -0.25) is 14.4 Å². The highest BCUT2D eigenvalue weighted by Crippen LogP contribution is 2.26. The number of ether oxygens (including phenoxy) is 5. The van der Waals surface area contributed by atoms with Crippen LogP contribution in [0.3, 0.4) is 0 Å². The van der Waals surface area contributed by atoms with Crippen molar-refractivity contribution in [3.05, 3.63) is 170 Å². The Kier molecular flexibility index (Phi) is 47.5. The summed E-state index contributed by atoms with van der Waals surface area (Å²) in [4.78, 5) is 51.1. The lowest BCUT2D eigenvalue weighted by molar-refractivity contribution is -0.301. The molecular formula is C67H98O12. The maximum atomic E-state index is 13.1. The third-order valence-electron chi connectivity index (χ3n) is 11.8. The molecule has 1 aliphatic heterocycles. The molecule has 12 heteroatoms. The molecule has 0 aromatic rings. The van der Waals surface area contributed by atoms with Crippen molar-refractivity contribution in [1.82, 2.24) is 0 Å². The number of rotatable bonds is 46. The average molecular weight is 1100 g/mol. The molecule has 1 rings (SSSR count). The summed E-state index contributed by atoms with van der Waals surface area (Å²) in [6, 6.07) is 0. The first-order valence-electron chi connectivity index (χ1n) is 29.1. The number of carbonyl (C=O) groups excluding carboxylic acids is 3. The summed E-state index contributed by atoms with van der Waals surface area (Å²) < 4.78 is 28.2. The number of carbonyl (C=O) groups is 4. The summed E-state index contributed by atoms with van der Waals surface area (Å²) in [6.45, 7) is 5.50. The van der Waals surface area contributed by atoms with Gasteiger partial charge in [-0.15, -0.1) is 0 Å². The van der Waals surface area contributed by atoms with E-state index < -0.39 is 67.3 Å². The second kappa shape index (κ2) is 52.8. The van der Waals surface area contributed by atoms with Crippen molar-refractivity contribution < 1.29 is 58.2 Å². The first-order valence-corrected chi connectivity index (χ1v) is 29.1. The SMILES string of the molecule is CC/C=C\C/C=C\C/C=C\C/C=C\C/C=C\CCCCCC(=O)OCC(COC1OC(C(=O)O)C(O)C(O)C1OC(=O)CC/C=C\C/C=C\C/C=C\C/C=C\CC)OC(=O)CCC/C=C\C/C=C\C/C=C\C/C=C\C/C=C\CC. The van der Waals surface area contributed by atoms with Gasteiger partial charge in [0.05, 0.1) is 6.61 Å². The fraction of sp³-hybridized carbons (Fsp3) is 0.522. The van der Waals surface area contributed by atoms with E-state index in [0.717, 1.165) is 103 Å². The molecule has 0 spiro atoms. The number of esters is 3. The van der Waals surface area contributed by atoms with Crippen LogP contribution in [0.4, 0.5) is 0 Å². The quantitative estimate of drug-likeness (QED) is 0.0228. The van der Waals surface area contributed by atoms with Crippen LogP contribution < -0.4 is 0 Å². The van der Waals surface area contributed by atoms with E-state index in [1.807, 2.05) is 30.4 Å². The van der Waals surface area contributed by atoms with E-state index in [0.29, 0.717) is 32.1 Å². The molecule has 1 saturated heterocycles. The monoisotopic (exact) mass is 1090 g/mol. The molecule has 6 unspecified atom stereocenters. The lowest BCUT2D eigenvalue weighted by Gasteiger charge is -2.40. The Morgan fingerprint density at radius 3 is 1.22 bits per heavy atom. The molecule has 0 saturated carbocycles. The molecule has 79 heavy (non-hydrogen) atoms. The molecule has 0 amide bonds. The average Bonchev–Trinajstić information content (AvgIpc) is 3.44. The Balaban J connectivity index is 2.81. The van der Waals surface area contributed by atoms with Crippen molar-refractivity contribution in [3.8, 4) is 0 Å². The van der Waals surface area contributed by atoms with Gasteiger partial charge in [0, 0.05) is 19.3 Å². The van der Waals surface area contributed by atoms with E-state index in [1.54, 1.807) is 0 Å². The minimum Gasteiger partial charge on any atom is -0.479 e. The number of carboxylic acid groups (broad SMARTS) is 1. The smallest absolute Gasteiger partial charge is 0.335 e. The predicted molar refractivity (Wildman–Crippen MR) is 321 cm³/mol. The lowest BCUT2D eigenvalue weighted by Crippen LogP contribution is -2.61. The summed E-state index contributed by atoms with van der Waals surface area (Å²) in [7, 11) is 0. The summed E-state index contributed by atoms with van der Waals surface area (Å²) >= 11 is 0. The van der Waals surface area contributed by atoms with Crippen LogP contribution in [0.5, 0.6) is 0 Å². The van der Waals surface area contributed by atoms with Gasteiger partial charge in [0.25, 0.3) is 0 Å². The number of allylic oxidation sites excluding steroid dienone is 28. The Morgan fingerprint density at radius 2 is 0.797 bits per heavy atom. The number of aliphatic hydroxyl groups excluding tert-OH is 2. The highest BCUT2D eigenvalue weighted by Gasteiger charge is 2.50. The highest BCUT2D eigenvalue weighted by molar-refractivity contribution is 5.74. The van der Waals surface area contributed by atoms with E-state index in [4.69, 9.17) is 23.7 Å². The second-order valence-corrected chi connectivity index (χ2v) is 18.8.